The highest BCUT2D eigenvalue weighted by Gasteiger charge is 1.98. The zero-order valence-corrected chi connectivity index (χ0v) is 9.62. The molecule has 1 unspecified atom stereocenters. The Hall–Kier alpha value is 0.140. The van der Waals surface area contributed by atoms with E-state index in [9.17, 15) is 0 Å². The predicted octanol–water partition coefficient (Wildman–Crippen LogP) is 3.18. The van der Waals surface area contributed by atoms with E-state index in [0.29, 0.717) is 6.04 Å². The number of rotatable bonds is 4. The van der Waals surface area contributed by atoms with Crippen LogP contribution >= 0.6 is 27.3 Å². The number of halogens is 1. The van der Waals surface area contributed by atoms with Crippen LogP contribution in [0.1, 0.15) is 24.6 Å². The van der Waals surface area contributed by atoms with E-state index in [1.54, 1.807) is 0 Å². The quantitative estimate of drug-likeness (QED) is 0.870. The maximum absolute atomic E-state index is 5.66. The van der Waals surface area contributed by atoms with Gasteiger partial charge in [-0.1, -0.05) is 0 Å². The molecule has 0 aromatic carbocycles. The molecule has 0 bridgehead atoms. The van der Waals surface area contributed by atoms with Crippen molar-refractivity contribution in [3.8, 4) is 0 Å². The molecular weight excluding hydrogens is 234 g/mol. The monoisotopic (exact) mass is 247 g/mol. The number of hydrogen-bond acceptors (Lipinski definition) is 2. The second-order valence-electron chi connectivity index (χ2n) is 3.08. The Morgan fingerprint density at radius 2 is 2.33 bits per heavy atom. The molecule has 0 saturated carbocycles. The molecule has 0 radical (unpaired) electrons. The van der Waals surface area contributed by atoms with Gasteiger partial charge in [-0.05, 0) is 54.2 Å². The standard InChI is InChI=1S/C9H14BrNS/c1-7(11)3-2-4-8-5-6-9(10)12-8/h5-7H,2-4,11H2,1H3. The lowest BCUT2D eigenvalue weighted by Crippen LogP contribution is -2.14. The molecular formula is C9H14BrNS. The van der Waals surface area contributed by atoms with Gasteiger partial charge in [0.25, 0.3) is 0 Å². The minimum atomic E-state index is 0.341. The summed E-state index contributed by atoms with van der Waals surface area (Å²) < 4.78 is 1.22. The molecule has 0 aliphatic carbocycles. The van der Waals surface area contributed by atoms with E-state index in [1.807, 2.05) is 11.3 Å². The third-order valence-corrected chi connectivity index (χ3v) is 3.39. The lowest BCUT2D eigenvalue weighted by molar-refractivity contribution is 0.627. The van der Waals surface area contributed by atoms with E-state index in [4.69, 9.17) is 5.73 Å². The Balaban J connectivity index is 2.24. The van der Waals surface area contributed by atoms with Gasteiger partial charge in [-0.2, -0.15) is 0 Å². The summed E-state index contributed by atoms with van der Waals surface area (Å²) >= 11 is 5.26. The van der Waals surface area contributed by atoms with E-state index in [2.05, 4.69) is 35.0 Å². The first-order valence-corrected chi connectivity index (χ1v) is 5.79. The van der Waals surface area contributed by atoms with Gasteiger partial charge in [0.05, 0.1) is 3.79 Å². The fraction of sp³-hybridized carbons (Fsp3) is 0.556. The van der Waals surface area contributed by atoms with E-state index >= 15 is 0 Å². The van der Waals surface area contributed by atoms with E-state index in [0.717, 1.165) is 12.8 Å². The molecule has 0 aliphatic heterocycles. The molecule has 68 valence electrons. The topological polar surface area (TPSA) is 26.0 Å². The summed E-state index contributed by atoms with van der Waals surface area (Å²) in [6.07, 6.45) is 3.48. The van der Waals surface area contributed by atoms with Crippen LogP contribution in [0.4, 0.5) is 0 Å². The lowest BCUT2D eigenvalue weighted by atomic mass is 10.1. The molecule has 1 aromatic heterocycles. The van der Waals surface area contributed by atoms with Crippen molar-refractivity contribution in [1.29, 1.82) is 0 Å². The van der Waals surface area contributed by atoms with Crippen LogP contribution in [0.5, 0.6) is 0 Å². The van der Waals surface area contributed by atoms with Gasteiger partial charge in [0.2, 0.25) is 0 Å². The summed E-state index contributed by atoms with van der Waals surface area (Å²) in [4.78, 5) is 1.45. The normalized spacial score (nSPS) is 13.2. The van der Waals surface area contributed by atoms with Gasteiger partial charge in [-0.15, -0.1) is 11.3 Å². The largest absolute Gasteiger partial charge is 0.328 e. The number of hydrogen-bond donors (Lipinski definition) is 1. The van der Waals surface area contributed by atoms with Crippen molar-refractivity contribution in [2.24, 2.45) is 5.73 Å². The van der Waals surface area contributed by atoms with Crippen LogP contribution in [-0.4, -0.2) is 6.04 Å². The first kappa shape index (κ1) is 10.2. The summed E-state index contributed by atoms with van der Waals surface area (Å²) in [7, 11) is 0. The summed E-state index contributed by atoms with van der Waals surface area (Å²) in [5, 5.41) is 0. The third kappa shape index (κ3) is 3.70. The molecule has 1 aromatic rings. The highest BCUT2D eigenvalue weighted by atomic mass is 79.9. The van der Waals surface area contributed by atoms with Crippen LogP contribution in [0.2, 0.25) is 0 Å². The van der Waals surface area contributed by atoms with E-state index < -0.39 is 0 Å². The van der Waals surface area contributed by atoms with Crippen molar-refractivity contribution < 1.29 is 0 Å². The molecule has 1 atom stereocenters. The second-order valence-corrected chi connectivity index (χ2v) is 5.62. The predicted molar refractivity (Wildman–Crippen MR) is 58.6 cm³/mol. The van der Waals surface area contributed by atoms with Gasteiger partial charge in [0, 0.05) is 10.9 Å². The second kappa shape index (κ2) is 5.00. The van der Waals surface area contributed by atoms with Gasteiger partial charge >= 0.3 is 0 Å². The number of aryl methyl sites for hydroxylation is 1. The molecule has 1 nitrogen and oxygen atoms in total. The van der Waals surface area contributed by atoms with Crippen molar-refractivity contribution >= 4 is 27.3 Å². The minimum Gasteiger partial charge on any atom is -0.328 e. The summed E-state index contributed by atoms with van der Waals surface area (Å²) in [5.41, 5.74) is 5.66. The maximum Gasteiger partial charge on any atom is 0.0701 e. The minimum absolute atomic E-state index is 0.341. The molecule has 0 spiro atoms. The molecule has 0 saturated heterocycles. The van der Waals surface area contributed by atoms with Crippen molar-refractivity contribution in [3.63, 3.8) is 0 Å². The smallest absolute Gasteiger partial charge is 0.0701 e. The molecule has 0 amide bonds. The van der Waals surface area contributed by atoms with Gasteiger partial charge in [0.1, 0.15) is 0 Å². The fourth-order valence-corrected chi connectivity index (χ4v) is 2.61. The Bertz CT molecular complexity index is 232. The van der Waals surface area contributed by atoms with E-state index in [-0.39, 0.29) is 0 Å². The average Bonchev–Trinajstić information content (AvgIpc) is 2.35. The van der Waals surface area contributed by atoms with Gasteiger partial charge in [-0.25, -0.2) is 0 Å². The number of nitrogens with two attached hydrogens (primary N) is 1. The molecule has 0 aliphatic rings. The third-order valence-electron chi connectivity index (χ3n) is 1.71. The Morgan fingerprint density at radius 1 is 1.58 bits per heavy atom. The Labute approximate surface area is 86.1 Å². The molecule has 3 heteroatoms. The molecule has 12 heavy (non-hydrogen) atoms. The Morgan fingerprint density at radius 3 is 2.83 bits per heavy atom. The van der Waals surface area contributed by atoms with Crippen molar-refractivity contribution in [2.75, 3.05) is 0 Å². The highest BCUT2D eigenvalue weighted by Crippen LogP contribution is 2.23. The van der Waals surface area contributed by atoms with Crippen LogP contribution < -0.4 is 5.73 Å². The van der Waals surface area contributed by atoms with Crippen LogP contribution in [0.3, 0.4) is 0 Å². The molecule has 2 N–H and O–H groups in total. The van der Waals surface area contributed by atoms with Gasteiger partial charge < -0.3 is 5.73 Å². The molecule has 1 rings (SSSR count). The average molecular weight is 248 g/mol. The summed E-state index contributed by atoms with van der Waals surface area (Å²) in [6, 6.07) is 4.62. The number of thiophene rings is 1. The van der Waals surface area contributed by atoms with Crippen LogP contribution in [0, 0.1) is 0 Å². The van der Waals surface area contributed by atoms with Crippen molar-refractivity contribution in [2.45, 2.75) is 32.2 Å². The van der Waals surface area contributed by atoms with Crippen molar-refractivity contribution in [3.05, 3.63) is 20.8 Å². The zero-order valence-electron chi connectivity index (χ0n) is 7.22. The molecule has 0 fully saturated rings. The van der Waals surface area contributed by atoms with Crippen molar-refractivity contribution in [1.82, 2.24) is 0 Å². The maximum atomic E-state index is 5.66. The Kier molecular flexibility index (Phi) is 4.26. The SMILES string of the molecule is CC(N)CCCc1ccc(Br)s1. The van der Waals surface area contributed by atoms with Gasteiger partial charge in [0.15, 0.2) is 0 Å². The zero-order chi connectivity index (χ0) is 8.97. The van der Waals surface area contributed by atoms with Gasteiger partial charge in [-0.3, -0.25) is 0 Å². The first-order chi connectivity index (χ1) is 5.68. The van der Waals surface area contributed by atoms with Crippen LogP contribution in [0.25, 0.3) is 0 Å². The van der Waals surface area contributed by atoms with Crippen LogP contribution in [0.15, 0.2) is 15.9 Å². The molecule has 1 heterocycles. The van der Waals surface area contributed by atoms with E-state index in [1.165, 1.54) is 15.1 Å². The van der Waals surface area contributed by atoms with Crippen LogP contribution in [-0.2, 0) is 6.42 Å². The lowest BCUT2D eigenvalue weighted by Gasteiger charge is -2.02. The summed E-state index contributed by atoms with van der Waals surface area (Å²) in [5.74, 6) is 0. The summed E-state index contributed by atoms with van der Waals surface area (Å²) in [6.45, 7) is 2.06. The first-order valence-electron chi connectivity index (χ1n) is 4.18. The fourth-order valence-electron chi connectivity index (χ4n) is 1.08. The highest BCUT2D eigenvalue weighted by molar-refractivity contribution is 9.11.